The number of allylic oxidation sites excluding steroid dienone is 2. The van der Waals surface area contributed by atoms with Gasteiger partial charge in [0.05, 0.1) is 13.2 Å². The third-order valence-electron chi connectivity index (χ3n) is 14.6. The molecule has 9 atom stereocenters. The summed E-state index contributed by atoms with van der Waals surface area (Å²) in [7, 11) is 0. The fraction of sp³-hybridized carbons (Fsp3) is 0.861. The summed E-state index contributed by atoms with van der Waals surface area (Å²) in [4.78, 5) is 42.6. The maximum atomic E-state index is 14.6. The van der Waals surface area contributed by atoms with Crippen molar-refractivity contribution in [3.63, 3.8) is 0 Å². The van der Waals surface area contributed by atoms with Crippen molar-refractivity contribution in [2.24, 2.45) is 50.2 Å². The topological polar surface area (TPSA) is 72.9 Å². The average molecular weight is 582 g/mol. The van der Waals surface area contributed by atoms with Crippen LogP contribution in [-0.4, -0.2) is 55.0 Å². The molecule has 234 valence electrons. The third-order valence-corrected chi connectivity index (χ3v) is 14.6. The Bertz CT molecular complexity index is 1200. The number of amides is 1. The number of hydrogen-bond acceptors (Lipinski definition) is 5. The summed E-state index contributed by atoms with van der Waals surface area (Å²) in [5.74, 6) is 0.930. The molecule has 5 fully saturated rings. The van der Waals surface area contributed by atoms with Crippen molar-refractivity contribution in [1.29, 1.82) is 0 Å². The minimum Gasteiger partial charge on any atom is -0.462 e. The van der Waals surface area contributed by atoms with Crippen LogP contribution in [0.2, 0.25) is 0 Å². The van der Waals surface area contributed by atoms with E-state index in [2.05, 4.69) is 54.5 Å². The van der Waals surface area contributed by atoms with Gasteiger partial charge >= 0.3 is 5.97 Å². The molecule has 4 saturated carbocycles. The van der Waals surface area contributed by atoms with Crippen LogP contribution in [-0.2, 0) is 23.9 Å². The Kier molecular flexibility index (Phi) is 6.97. The van der Waals surface area contributed by atoms with Gasteiger partial charge in [-0.2, -0.15) is 0 Å². The normalized spacial score (nSPS) is 48.1. The van der Waals surface area contributed by atoms with Gasteiger partial charge in [-0.3, -0.25) is 14.4 Å². The van der Waals surface area contributed by atoms with Crippen LogP contribution in [0.25, 0.3) is 0 Å². The molecule has 0 N–H and O–H groups in total. The number of esters is 1. The van der Waals surface area contributed by atoms with Crippen molar-refractivity contribution in [1.82, 2.24) is 4.90 Å². The number of fused-ring (bicyclic) bond motifs is 7. The molecule has 0 bridgehead atoms. The lowest BCUT2D eigenvalue weighted by Gasteiger charge is -2.70. The van der Waals surface area contributed by atoms with E-state index in [0.717, 1.165) is 57.8 Å². The summed E-state index contributed by atoms with van der Waals surface area (Å²) in [6.07, 6.45) is 10.9. The molecule has 0 aromatic heterocycles. The third kappa shape index (κ3) is 4.08. The van der Waals surface area contributed by atoms with Gasteiger partial charge in [0.15, 0.2) is 5.78 Å². The SMILES string of the molecule is CC(=O)O[C@@H]1CC[C@]2(C)[C@H](CC[C@]3(C)[C@@H]2C(=O)C=C2[C@@H]4C[C@](C)(C(=O)N5CCOCC5)CC[C@@]4(C)CC[C@]23C)C1(C)C. The first-order chi connectivity index (χ1) is 19.5. The number of morpholine rings is 1. The number of hydrogen-bond donors (Lipinski definition) is 0. The molecule has 0 unspecified atom stereocenters. The van der Waals surface area contributed by atoms with E-state index in [1.165, 1.54) is 12.5 Å². The smallest absolute Gasteiger partial charge is 0.302 e. The average Bonchev–Trinajstić information content (AvgIpc) is 2.92. The Morgan fingerprint density at radius 3 is 2.24 bits per heavy atom. The molecule has 1 amide bonds. The maximum Gasteiger partial charge on any atom is 0.302 e. The highest BCUT2D eigenvalue weighted by Crippen LogP contribution is 2.75. The van der Waals surface area contributed by atoms with Crippen LogP contribution in [0, 0.1) is 50.2 Å². The predicted octanol–water partition coefficient (Wildman–Crippen LogP) is 6.76. The van der Waals surface area contributed by atoms with Crippen molar-refractivity contribution >= 4 is 17.7 Å². The lowest BCUT2D eigenvalue weighted by atomic mass is 9.33. The Hall–Kier alpha value is -1.69. The molecule has 6 rings (SSSR count). The molecule has 6 nitrogen and oxygen atoms in total. The van der Waals surface area contributed by atoms with Crippen LogP contribution in [0.4, 0.5) is 0 Å². The first kappa shape index (κ1) is 30.3. The number of ether oxygens (including phenoxy) is 2. The number of ketones is 1. The highest BCUT2D eigenvalue weighted by molar-refractivity contribution is 5.95. The molecule has 0 spiro atoms. The number of carbonyl (C=O) groups excluding carboxylic acids is 3. The number of nitrogens with zero attached hydrogens (tertiary/aromatic N) is 1. The first-order valence-corrected chi connectivity index (χ1v) is 16.8. The van der Waals surface area contributed by atoms with Gasteiger partial charge in [0.25, 0.3) is 0 Å². The molecular formula is C36H55NO5. The van der Waals surface area contributed by atoms with Gasteiger partial charge in [-0.1, -0.05) is 54.0 Å². The largest absolute Gasteiger partial charge is 0.462 e. The van der Waals surface area contributed by atoms with Crippen LogP contribution >= 0.6 is 0 Å². The summed E-state index contributed by atoms with van der Waals surface area (Å²) in [6.45, 7) is 20.6. The lowest BCUT2D eigenvalue weighted by molar-refractivity contribution is -0.210. The second kappa shape index (κ2) is 9.65. The van der Waals surface area contributed by atoms with Crippen LogP contribution < -0.4 is 0 Å². The van der Waals surface area contributed by atoms with E-state index in [9.17, 15) is 14.4 Å². The van der Waals surface area contributed by atoms with Crippen LogP contribution in [0.5, 0.6) is 0 Å². The molecule has 42 heavy (non-hydrogen) atoms. The fourth-order valence-corrected chi connectivity index (χ4v) is 11.9. The van der Waals surface area contributed by atoms with Crippen molar-refractivity contribution < 1.29 is 23.9 Å². The Labute approximate surface area is 253 Å². The van der Waals surface area contributed by atoms with Gasteiger partial charge < -0.3 is 14.4 Å². The van der Waals surface area contributed by atoms with Crippen LogP contribution in [0.15, 0.2) is 11.6 Å². The standard InChI is InChI=1S/C36H55NO5/c1-23(38)42-28-10-11-34(6)27(31(28,2)3)9-12-36(8)29(34)26(39)21-24-25-22-33(5,30(40)37-17-19-41-20-18-37)14-13-32(25,4)15-16-35(24,36)7/h21,25,27-29H,9-20,22H2,1-8H3/t25-,27+,28+,29+,32-,33+,34+,35+,36+/m0/s1. The molecule has 1 saturated heterocycles. The second-order valence-electron chi connectivity index (χ2n) is 17.1. The Morgan fingerprint density at radius 2 is 1.57 bits per heavy atom. The van der Waals surface area contributed by atoms with Gasteiger partial charge in [0.2, 0.25) is 5.91 Å². The van der Waals surface area contributed by atoms with E-state index in [0.29, 0.717) is 38.0 Å². The summed E-state index contributed by atoms with van der Waals surface area (Å²) >= 11 is 0. The monoisotopic (exact) mass is 581 g/mol. The van der Waals surface area contributed by atoms with E-state index in [4.69, 9.17) is 9.47 Å². The van der Waals surface area contributed by atoms with Crippen molar-refractivity contribution in [2.75, 3.05) is 26.3 Å². The first-order valence-electron chi connectivity index (χ1n) is 16.8. The summed E-state index contributed by atoms with van der Waals surface area (Å²) in [5.41, 5.74) is 0.573. The van der Waals surface area contributed by atoms with Gasteiger partial charge in [0.1, 0.15) is 6.10 Å². The molecule has 5 aliphatic carbocycles. The predicted molar refractivity (Wildman–Crippen MR) is 162 cm³/mol. The van der Waals surface area contributed by atoms with E-state index >= 15 is 0 Å². The molecule has 0 aromatic rings. The van der Waals surface area contributed by atoms with Crippen LogP contribution in [0.1, 0.15) is 113 Å². The lowest BCUT2D eigenvalue weighted by Crippen LogP contribution is -2.67. The van der Waals surface area contributed by atoms with Gasteiger partial charge in [-0.25, -0.2) is 0 Å². The van der Waals surface area contributed by atoms with Crippen molar-refractivity contribution in [2.45, 2.75) is 119 Å². The zero-order chi connectivity index (χ0) is 30.5. The molecule has 1 aliphatic heterocycles. The summed E-state index contributed by atoms with van der Waals surface area (Å²) in [6, 6.07) is 0. The van der Waals surface area contributed by atoms with E-state index in [1.54, 1.807) is 0 Å². The molecule has 6 aliphatic rings. The zero-order valence-corrected chi connectivity index (χ0v) is 27.6. The zero-order valence-electron chi connectivity index (χ0n) is 27.6. The molecule has 1 heterocycles. The number of rotatable bonds is 2. The molecule has 0 aromatic carbocycles. The van der Waals surface area contributed by atoms with Gasteiger partial charge in [0, 0.05) is 36.8 Å². The minimum absolute atomic E-state index is 0.0376. The quantitative estimate of drug-likeness (QED) is 0.337. The second-order valence-corrected chi connectivity index (χ2v) is 17.1. The summed E-state index contributed by atoms with van der Waals surface area (Å²) in [5, 5.41) is 0. The van der Waals surface area contributed by atoms with Crippen LogP contribution in [0.3, 0.4) is 0 Å². The number of carbonyl (C=O) groups is 3. The Balaban J connectivity index is 1.36. The molecule has 0 radical (unpaired) electrons. The van der Waals surface area contributed by atoms with E-state index in [-0.39, 0.29) is 56.9 Å². The van der Waals surface area contributed by atoms with Gasteiger partial charge in [-0.05, 0) is 97.4 Å². The Morgan fingerprint density at radius 1 is 0.905 bits per heavy atom. The minimum atomic E-state index is -0.399. The molecular weight excluding hydrogens is 526 g/mol. The summed E-state index contributed by atoms with van der Waals surface area (Å²) < 4.78 is 11.4. The highest BCUT2D eigenvalue weighted by Gasteiger charge is 2.70. The van der Waals surface area contributed by atoms with Crippen molar-refractivity contribution in [3.05, 3.63) is 11.6 Å². The molecule has 6 heteroatoms. The fourth-order valence-electron chi connectivity index (χ4n) is 11.9. The van der Waals surface area contributed by atoms with E-state index < -0.39 is 5.41 Å². The van der Waals surface area contributed by atoms with Gasteiger partial charge in [-0.15, -0.1) is 0 Å². The highest BCUT2D eigenvalue weighted by atomic mass is 16.5. The van der Waals surface area contributed by atoms with E-state index in [1.807, 2.05) is 4.90 Å². The van der Waals surface area contributed by atoms with Crippen molar-refractivity contribution in [3.8, 4) is 0 Å². The maximum absolute atomic E-state index is 14.6.